The zero-order chi connectivity index (χ0) is 27.7. The molecular formula is C32H39N5O2S. The molecule has 3 aromatic rings. The summed E-state index contributed by atoms with van der Waals surface area (Å²) in [6.45, 7) is 5.19. The first kappa shape index (κ1) is 27.0. The molecule has 1 aromatic heterocycles. The van der Waals surface area contributed by atoms with Gasteiger partial charge in [-0.3, -0.25) is 4.68 Å². The van der Waals surface area contributed by atoms with Gasteiger partial charge in [0.05, 0.1) is 22.6 Å². The molecule has 210 valence electrons. The number of rotatable bonds is 8. The van der Waals surface area contributed by atoms with E-state index in [0.29, 0.717) is 22.6 Å². The molecule has 2 saturated heterocycles. The van der Waals surface area contributed by atoms with Crippen molar-refractivity contribution in [1.82, 2.24) is 14.7 Å². The maximum Gasteiger partial charge on any atom is 0.209 e. The number of likely N-dealkylation sites (tertiary alicyclic amines) is 1. The normalized spacial score (nSPS) is 21.1. The van der Waals surface area contributed by atoms with E-state index in [1.165, 1.54) is 48.3 Å². The van der Waals surface area contributed by atoms with Gasteiger partial charge in [0.25, 0.3) is 0 Å². The Morgan fingerprint density at radius 3 is 2.17 bits per heavy atom. The van der Waals surface area contributed by atoms with Crippen molar-refractivity contribution >= 4 is 15.5 Å². The molecule has 1 unspecified atom stereocenters. The maximum absolute atomic E-state index is 12.9. The monoisotopic (exact) mass is 557 g/mol. The highest BCUT2D eigenvalue weighted by Gasteiger charge is 2.48. The van der Waals surface area contributed by atoms with Crippen LogP contribution in [0.1, 0.15) is 44.1 Å². The fourth-order valence-electron chi connectivity index (χ4n) is 7.49. The van der Waals surface area contributed by atoms with Crippen LogP contribution in [0, 0.1) is 29.1 Å². The van der Waals surface area contributed by atoms with Crippen molar-refractivity contribution in [3.8, 4) is 6.07 Å². The van der Waals surface area contributed by atoms with Gasteiger partial charge in [-0.05, 0) is 80.4 Å². The van der Waals surface area contributed by atoms with Crippen LogP contribution in [0.5, 0.6) is 0 Å². The van der Waals surface area contributed by atoms with E-state index in [9.17, 15) is 13.7 Å². The number of anilines is 1. The third kappa shape index (κ3) is 4.95. The average molecular weight is 558 g/mol. The molecular weight excluding hydrogens is 518 g/mol. The number of nitrogens with zero attached hydrogens (tertiary/aromatic N) is 5. The molecule has 0 amide bonds. The number of nitriles is 1. The summed E-state index contributed by atoms with van der Waals surface area (Å²) < 4.78 is 27.2. The van der Waals surface area contributed by atoms with Crippen LogP contribution in [-0.2, 0) is 22.3 Å². The Morgan fingerprint density at radius 1 is 0.925 bits per heavy atom. The van der Waals surface area contributed by atoms with Gasteiger partial charge in [-0.2, -0.15) is 10.4 Å². The van der Waals surface area contributed by atoms with Gasteiger partial charge in [-0.25, -0.2) is 8.42 Å². The standard InChI is InChI=1S/C32H39N5O2S/c1-35-23-31(19-34-35)40(38,39)30-13-11-29(12-14-30)37-21-25(22-37)20-36-17-15-28(16-18-36)32(24-33,27-9-5-6-10-27)26-7-3-2-4-8-26/h2-4,7-8,11-14,19,23,25,27-28H,5-6,9-10,15-18,20-22H2,1H3. The van der Waals surface area contributed by atoms with Gasteiger partial charge in [0.2, 0.25) is 9.84 Å². The maximum atomic E-state index is 12.9. The molecule has 3 heterocycles. The Bertz CT molecular complexity index is 1440. The number of hydrogen-bond donors (Lipinski definition) is 0. The minimum atomic E-state index is -3.55. The molecule has 3 fully saturated rings. The molecule has 7 nitrogen and oxygen atoms in total. The molecule has 40 heavy (non-hydrogen) atoms. The molecule has 0 radical (unpaired) electrons. The van der Waals surface area contributed by atoms with Crippen molar-refractivity contribution in [2.24, 2.45) is 24.8 Å². The van der Waals surface area contributed by atoms with Crippen molar-refractivity contribution in [1.29, 1.82) is 5.26 Å². The quantitative estimate of drug-likeness (QED) is 0.385. The number of aryl methyl sites for hydroxylation is 1. The van der Waals surface area contributed by atoms with Crippen LogP contribution in [0.15, 0.2) is 76.8 Å². The van der Waals surface area contributed by atoms with Gasteiger partial charge in [-0.15, -0.1) is 0 Å². The molecule has 2 aliphatic heterocycles. The van der Waals surface area contributed by atoms with E-state index in [2.05, 4.69) is 51.3 Å². The van der Waals surface area contributed by atoms with Gasteiger partial charge in [0.15, 0.2) is 0 Å². The van der Waals surface area contributed by atoms with E-state index in [1.807, 2.05) is 12.1 Å². The highest BCUT2D eigenvalue weighted by Crippen LogP contribution is 2.50. The van der Waals surface area contributed by atoms with E-state index < -0.39 is 9.84 Å². The lowest BCUT2D eigenvalue weighted by Gasteiger charge is -2.47. The summed E-state index contributed by atoms with van der Waals surface area (Å²) in [6, 6.07) is 20.8. The van der Waals surface area contributed by atoms with Gasteiger partial charge < -0.3 is 9.80 Å². The van der Waals surface area contributed by atoms with Crippen molar-refractivity contribution in [2.45, 2.75) is 53.7 Å². The van der Waals surface area contributed by atoms with Crippen molar-refractivity contribution in [3.63, 3.8) is 0 Å². The smallest absolute Gasteiger partial charge is 0.209 e. The number of benzene rings is 2. The third-order valence-electron chi connectivity index (χ3n) is 9.64. The number of piperidine rings is 1. The van der Waals surface area contributed by atoms with Gasteiger partial charge >= 0.3 is 0 Å². The first-order valence-electron chi connectivity index (χ1n) is 14.7. The topological polar surface area (TPSA) is 82.2 Å². The van der Waals surface area contributed by atoms with Crippen LogP contribution >= 0.6 is 0 Å². The van der Waals surface area contributed by atoms with E-state index in [1.54, 1.807) is 19.2 Å². The molecule has 0 bridgehead atoms. The van der Waals surface area contributed by atoms with Crippen LogP contribution in [0.3, 0.4) is 0 Å². The Hall–Kier alpha value is -3.15. The molecule has 1 saturated carbocycles. The first-order valence-corrected chi connectivity index (χ1v) is 16.2. The molecule has 1 atom stereocenters. The van der Waals surface area contributed by atoms with E-state index in [-0.39, 0.29) is 10.3 Å². The largest absolute Gasteiger partial charge is 0.371 e. The average Bonchev–Trinajstić information content (AvgIpc) is 3.66. The fourth-order valence-corrected chi connectivity index (χ4v) is 8.73. The second-order valence-electron chi connectivity index (χ2n) is 12.0. The number of aromatic nitrogens is 2. The van der Waals surface area contributed by atoms with Crippen LogP contribution in [0.2, 0.25) is 0 Å². The second kappa shape index (κ2) is 11.0. The predicted octanol–water partition coefficient (Wildman–Crippen LogP) is 5.05. The Labute approximate surface area is 238 Å². The molecule has 8 heteroatoms. The summed E-state index contributed by atoms with van der Waals surface area (Å²) in [6.07, 6.45) is 9.95. The highest BCUT2D eigenvalue weighted by atomic mass is 32.2. The summed E-state index contributed by atoms with van der Waals surface area (Å²) in [5, 5.41) is 14.6. The minimum absolute atomic E-state index is 0.217. The first-order chi connectivity index (χ1) is 19.4. The van der Waals surface area contributed by atoms with Crippen molar-refractivity contribution in [2.75, 3.05) is 37.6 Å². The second-order valence-corrected chi connectivity index (χ2v) is 14.0. The van der Waals surface area contributed by atoms with Gasteiger partial charge in [-0.1, -0.05) is 43.2 Å². The summed E-state index contributed by atoms with van der Waals surface area (Å²) in [5.41, 5.74) is 1.95. The molecule has 1 aliphatic carbocycles. The summed E-state index contributed by atoms with van der Waals surface area (Å²) in [7, 11) is -1.83. The molecule has 0 spiro atoms. The Morgan fingerprint density at radius 2 is 1.57 bits per heavy atom. The molecule has 0 N–H and O–H groups in total. The highest BCUT2D eigenvalue weighted by molar-refractivity contribution is 7.91. The van der Waals surface area contributed by atoms with Crippen LogP contribution in [-0.4, -0.2) is 55.8 Å². The SMILES string of the molecule is Cn1cc(S(=O)(=O)c2ccc(N3CC(CN4CCC(C(C#N)(c5ccccc5)C5CCCC5)CC4)C3)cc2)cn1. The zero-order valence-electron chi connectivity index (χ0n) is 23.3. The predicted molar refractivity (Wildman–Crippen MR) is 156 cm³/mol. The van der Waals surface area contributed by atoms with Crippen molar-refractivity contribution < 1.29 is 8.42 Å². The lowest BCUT2D eigenvalue weighted by molar-refractivity contribution is 0.103. The third-order valence-corrected chi connectivity index (χ3v) is 11.4. The summed E-state index contributed by atoms with van der Waals surface area (Å²) >= 11 is 0. The van der Waals surface area contributed by atoms with Gasteiger partial charge in [0, 0.05) is 44.5 Å². The lowest BCUT2D eigenvalue weighted by atomic mass is 9.60. The Balaban J connectivity index is 1.04. The van der Waals surface area contributed by atoms with Crippen LogP contribution in [0.25, 0.3) is 0 Å². The van der Waals surface area contributed by atoms with Crippen LogP contribution in [0.4, 0.5) is 5.69 Å². The van der Waals surface area contributed by atoms with E-state index in [4.69, 9.17) is 0 Å². The fraction of sp³-hybridized carbons (Fsp3) is 0.500. The van der Waals surface area contributed by atoms with E-state index in [0.717, 1.165) is 51.3 Å². The molecule has 2 aromatic carbocycles. The van der Waals surface area contributed by atoms with Crippen LogP contribution < -0.4 is 4.90 Å². The van der Waals surface area contributed by atoms with E-state index >= 15 is 0 Å². The lowest BCUT2D eigenvalue weighted by Crippen LogP contribution is -2.53. The molecule has 6 rings (SSSR count). The number of hydrogen-bond acceptors (Lipinski definition) is 6. The summed E-state index contributed by atoms with van der Waals surface area (Å²) in [5.74, 6) is 1.50. The minimum Gasteiger partial charge on any atom is -0.371 e. The number of sulfone groups is 1. The zero-order valence-corrected chi connectivity index (χ0v) is 24.1. The Kier molecular flexibility index (Phi) is 7.45. The van der Waals surface area contributed by atoms with Gasteiger partial charge in [0.1, 0.15) is 4.90 Å². The molecule has 3 aliphatic rings. The van der Waals surface area contributed by atoms with Crippen molar-refractivity contribution in [3.05, 3.63) is 72.6 Å². The summed E-state index contributed by atoms with van der Waals surface area (Å²) in [4.78, 5) is 5.44.